The first kappa shape index (κ1) is 30.0. The molecule has 0 aromatic heterocycles. The highest BCUT2D eigenvalue weighted by Gasteiger charge is 2.22. The van der Waals surface area contributed by atoms with Crippen molar-refractivity contribution in [2.75, 3.05) is 0 Å². The zero-order valence-corrected chi connectivity index (χ0v) is 24.6. The van der Waals surface area contributed by atoms with Crippen molar-refractivity contribution in [3.05, 3.63) is 59.7 Å². The van der Waals surface area contributed by atoms with Crippen LogP contribution >= 0.6 is 0 Å². The van der Waals surface area contributed by atoms with Gasteiger partial charge >= 0.3 is 0 Å². The normalized spacial score (nSPS) is 17.8. The molecule has 0 saturated heterocycles. The average molecular weight is 503 g/mol. The molecule has 1 fully saturated rings. The molecule has 0 unspecified atom stereocenters. The van der Waals surface area contributed by atoms with Crippen molar-refractivity contribution in [1.29, 1.82) is 0 Å². The summed E-state index contributed by atoms with van der Waals surface area (Å²) >= 11 is 0. The summed E-state index contributed by atoms with van der Waals surface area (Å²) in [6, 6.07) is 19.0. The maximum absolute atomic E-state index is 2.42. The Kier molecular flexibility index (Phi) is 15.1. The van der Waals surface area contributed by atoms with Crippen LogP contribution in [0.4, 0.5) is 0 Å². The van der Waals surface area contributed by atoms with Crippen molar-refractivity contribution >= 4 is 0 Å². The van der Waals surface area contributed by atoms with Gasteiger partial charge in [-0.25, -0.2) is 0 Å². The molecule has 2 aromatic rings. The van der Waals surface area contributed by atoms with Crippen LogP contribution in [0.25, 0.3) is 11.1 Å². The van der Waals surface area contributed by atoms with Crippen molar-refractivity contribution in [1.82, 2.24) is 0 Å². The molecule has 3 rings (SSSR count). The molecule has 0 aliphatic heterocycles. The average Bonchev–Trinajstić information content (AvgIpc) is 2.95. The van der Waals surface area contributed by atoms with Crippen molar-refractivity contribution in [3.8, 4) is 11.1 Å². The molecule has 0 N–H and O–H groups in total. The van der Waals surface area contributed by atoms with E-state index in [1.807, 2.05) is 0 Å². The van der Waals surface area contributed by atoms with Gasteiger partial charge in [-0.1, -0.05) is 159 Å². The fourth-order valence-corrected chi connectivity index (χ4v) is 6.45. The van der Waals surface area contributed by atoms with Crippen molar-refractivity contribution in [2.45, 2.75) is 155 Å². The maximum Gasteiger partial charge on any atom is -0.0162 e. The third kappa shape index (κ3) is 11.8. The highest BCUT2D eigenvalue weighted by Crippen LogP contribution is 2.38. The molecule has 206 valence electrons. The van der Waals surface area contributed by atoms with Gasteiger partial charge in [-0.2, -0.15) is 0 Å². The second-order valence-corrected chi connectivity index (χ2v) is 12.2. The molecule has 0 nitrogen and oxygen atoms in total. The van der Waals surface area contributed by atoms with Crippen molar-refractivity contribution in [2.24, 2.45) is 5.92 Å². The summed E-state index contributed by atoms with van der Waals surface area (Å²) in [6.07, 6.45) is 29.7. The van der Waals surface area contributed by atoms with Crippen LogP contribution in [-0.4, -0.2) is 0 Å². The molecule has 0 bridgehead atoms. The lowest BCUT2D eigenvalue weighted by Crippen LogP contribution is -2.13. The van der Waals surface area contributed by atoms with Crippen molar-refractivity contribution in [3.63, 3.8) is 0 Å². The second kappa shape index (κ2) is 18.7. The quantitative estimate of drug-likeness (QED) is 0.167. The van der Waals surface area contributed by atoms with Gasteiger partial charge in [0.15, 0.2) is 0 Å². The highest BCUT2D eigenvalue weighted by atomic mass is 14.3. The van der Waals surface area contributed by atoms with Crippen LogP contribution in [0, 0.1) is 5.92 Å². The topological polar surface area (TPSA) is 0 Å². The van der Waals surface area contributed by atoms with E-state index in [0.29, 0.717) is 0 Å². The van der Waals surface area contributed by atoms with E-state index in [9.17, 15) is 0 Å². The van der Waals surface area contributed by atoms with Crippen LogP contribution in [0.2, 0.25) is 0 Å². The summed E-state index contributed by atoms with van der Waals surface area (Å²) in [5.74, 6) is 1.78. The van der Waals surface area contributed by atoms with Gasteiger partial charge < -0.3 is 0 Å². The largest absolute Gasteiger partial charge is 0.0654 e. The van der Waals surface area contributed by atoms with Crippen LogP contribution in [0.1, 0.15) is 159 Å². The Morgan fingerprint density at radius 2 is 0.946 bits per heavy atom. The minimum absolute atomic E-state index is 0.786. The summed E-state index contributed by atoms with van der Waals surface area (Å²) in [5, 5.41) is 0. The molecule has 1 saturated carbocycles. The molecule has 0 atom stereocenters. The summed E-state index contributed by atoms with van der Waals surface area (Å²) in [7, 11) is 0. The number of hydrogen-bond acceptors (Lipinski definition) is 0. The molecular weight excluding hydrogens is 444 g/mol. The monoisotopic (exact) mass is 502 g/mol. The van der Waals surface area contributed by atoms with Gasteiger partial charge in [-0.3, -0.25) is 0 Å². The van der Waals surface area contributed by atoms with Crippen LogP contribution in [0.3, 0.4) is 0 Å². The standard InChI is InChI=1S/C37H58/c1-3-5-7-9-10-11-12-13-15-17-19-33-22-26-35(27-23-33)37-30-28-36(29-31-37)34-24-20-32(21-25-34)18-16-14-8-6-4-2/h22-23,26-32,34H,3-21,24-25H2,1-2H3. The Hall–Kier alpha value is -1.56. The van der Waals surface area contributed by atoms with Gasteiger partial charge in [0.1, 0.15) is 0 Å². The van der Waals surface area contributed by atoms with E-state index < -0.39 is 0 Å². The molecule has 1 aliphatic rings. The molecule has 0 radical (unpaired) electrons. The minimum Gasteiger partial charge on any atom is -0.0654 e. The lowest BCUT2D eigenvalue weighted by molar-refractivity contribution is 0.302. The van der Waals surface area contributed by atoms with E-state index in [4.69, 9.17) is 0 Å². The predicted molar refractivity (Wildman–Crippen MR) is 166 cm³/mol. The van der Waals surface area contributed by atoms with Gasteiger partial charge in [0.2, 0.25) is 0 Å². The van der Waals surface area contributed by atoms with E-state index in [0.717, 1.165) is 11.8 Å². The molecule has 1 aliphatic carbocycles. The fourth-order valence-electron chi connectivity index (χ4n) is 6.45. The Balaban J connectivity index is 1.31. The summed E-state index contributed by atoms with van der Waals surface area (Å²) in [4.78, 5) is 0. The number of benzene rings is 2. The predicted octanol–water partition coefficient (Wildman–Crippen LogP) is 12.5. The number of aryl methyl sites for hydroxylation is 1. The van der Waals surface area contributed by atoms with E-state index >= 15 is 0 Å². The van der Waals surface area contributed by atoms with E-state index in [-0.39, 0.29) is 0 Å². The number of hydrogen-bond donors (Lipinski definition) is 0. The van der Waals surface area contributed by atoms with E-state index in [1.165, 1.54) is 152 Å². The number of rotatable bonds is 19. The number of unbranched alkanes of at least 4 members (excludes halogenated alkanes) is 13. The van der Waals surface area contributed by atoms with E-state index in [1.54, 1.807) is 5.56 Å². The summed E-state index contributed by atoms with van der Waals surface area (Å²) in [5.41, 5.74) is 5.81. The van der Waals surface area contributed by atoms with Crippen LogP contribution in [-0.2, 0) is 6.42 Å². The van der Waals surface area contributed by atoms with Gasteiger partial charge in [-0.15, -0.1) is 0 Å². The molecule has 2 aromatic carbocycles. The van der Waals surface area contributed by atoms with Crippen LogP contribution in [0.15, 0.2) is 48.5 Å². The Labute approximate surface area is 231 Å². The lowest BCUT2D eigenvalue weighted by atomic mass is 9.77. The lowest BCUT2D eigenvalue weighted by Gasteiger charge is -2.29. The zero-order valence-electron chi connectivity index (χ0n) is 24.6. The van der Waals surface area contributed by atoms with E-state index in [2.05, 4.69) is 62.4 Å². The first-order valence-electron chi connectivity index (χ1n) is 16.5. The third-order valence-corrected chi connectivity index (χ3v) is 9.05. The van der Waals surface area contributed by atoms with Gasteiger partial charge in [0.25, 0.3) is 0 Å². The summed E-state index contributed by atoms with van der Waals surface area (Å²) in [6.45, 7) is 4.61. The Morgan fingerprint density at radius 3 is 1.49 bits per heavy atom. The minimum atomic E-state index is 0.786. The highest BCUT2D eigenvalue weighted by molar-refractivity contribution is 5.64. The first-order chi connectivity index (χ1) is 18.3. The maximum atomic E-state index is 2.42. The Bertz CT molecular complexity index is 791. The second-order valence-electron chi connectivity index (χ2n) is 12.2. The third-order valence-electron chi connectivity index (χ3n) is 9.05. The zero-order chi connectivity index (χ0) is 26.0. The van der Waals surface area contributed by atoms with Gasteiger partial charge in [0, 0.05) is 0 Å². The van der Waals surface area contributed by atoms with Gasteiger partial charge in [-0.05, 0) is 72.6 Å². The first-order valence-corrected chi connectivity index (χ1v) is 16.5. The Morgan fingerprint density at radius 1 is 0.486 bits per heavy atom. The molecule has 37 heavy (non-hydrogen) atoms. The SMILES string of the molecule is CCCCCCCCCCCCc1ccc(-c2ccc(C3CCC(CCCCCCC)CC3)cc2)cc1. The van der Waals surface area contributed by atoms with Gasteiger partial charge in [0.05, 0.1) is 0 Å². The fraction of sp³-hybridized carbons (Fsp3) is 0.676. The molecule has 0 spiro atoms. The van der Waals surface area contributed by atoms with Crippen LogP contribution in [0.5, 0.6) is 0 Å². The van der Waals surface area contributed by atoms with Crippen LogP contribution < -0.4 is 0 Å². The molecule has 0 heteroatoms. The smallest absolute Gasteiger partial charge is 0.0162 e. The molecular formula is C37H58. The molecule has 0 amide bonds. The van der Waals surface area contributed by atoms with Crippen molar-refractivity contribution < 1.29 is 0 Å². The summed E-state index contributed by atoms with van der Waals surface area (Å²) < 4.78 is 0. The molecule has 0 heterocycles.